The van der Waals surface area contributed by atoms with Crippen molar-refractivity contribution < 1.29 is 4.79 Å². The summed E-state index contributed by atoms with van der Waals surface area (Å²) in [6.07, 6.45) is 4.45. The molecule has 90 valence electrons. The van der Waals surface area contributed by atoms with Crippen molar-refractivity contribution in [1.29, 1.82) is 0 Å². The molecule has 2 fully saturated rings. The van der Waals surface area contributed by atoms with Gasteiger partial charge in [-0.3, -0.25) is 9.78 Å². The molecule has 1 aromatic heterocycles. The van der Waals surface area contributed by atoms with Crippen LogP contribution in [0, 0.1) is 12.8 Å². The quantitative estimate of drug-likeness (QED) is 0.791. The van der Waals surface area contributed by atoms with E-state index in [0.717, 1.165) is 18.5 Å². The van der Waals surface area contributed by atoms with E-state index < -0.39 is 0 Å². The Morgan fingerprint density at radius 1 is 1.29 bits per heavy atom. The van der Waals surface area contributed by atoms with Gasteiger partial charge in [0.1, 0.15) is 5.69 Å². The zero-order valence-electron chi connectivity index (χ0n) is 10.1. The topological polar surface area (TPSA) is 42.0 Å². The lowest BCUT2D eigenvalue weighted by molar-refractivity contribution is 0.0870. The lowest BCUT2D eigenvalue weighted by atomic mass is 9.87. The minimum atomic E-state index is 0.183. The number of fused-ring (bicyclic) bond motifs is 2. The van der Waals surface area contributed by atoms with Crippen LogP contribution >= 0.6 is 0 Å². The number of aromatic nitrogens is 1. The van der Waals surface area contributed by atoms with Crippen LogP contribution in [0.3, 0.4) is 0 Å². The molecule has 3 heterocycles. The molecule has 2 atom stereocenters. The summed E-state index contributed by atoms with van der Waals surface area (Å²) in [5, 5.41) is 3.57. The van der Waals surface area contributed by atoms with Crippen LogP contribution in [0.5, 0.6) is 0 Å². The molecule has 2 saturated heterocycles. The van der Waals surface area contributed by atoms with Crippen molar-refractivity contribution in [3.8, 4) is 0 Å². The summed E-state index contributed by atoms with van der Waals surface area (Å²) in [6.45, 7) is 1.93. The maximum absolute atomic E-state index is 12.4. The van der Waals surface area contributed by atoms with Gasteiger partial charge in [0.15, 0.2) is 5.78 Å². The third-order valence-corrected chi connectivity index (χ3v) is 3.98. The third-order valence-electron chi connectivity index (χ3n) is 3.98. The van der Waals surface area contributed by atoms with Crippen LogP contribution in [0.1, 0.15) is 41.9 Å². The number of carbonyl (C=O) groups excluding carboxylic acids is 1. The highest BCUT2D eigenvalue weighted by Gasteiger charge is 2.37. The van der Waals surface area contributed by atoms with E-state index in [1.165, 1.54) is 12.8 Å². The van der Waals surface area contributed by atoms with Crippen molar-refractivity contribution in [2.45, 2.75) is 44.7 Å². The summed E-state index contributed by atoms with van der Waals surface area (Å²) in [5.74, 6) is 0.426. The predicted octanol–water partition coefficient (Wildman–Crippen LogP) is 2.10. The largest absolute Gasteiger partial charge is 0.311 e. The predicted molar refractivity (Wildman–Crippen MR) is 66.0 cm³/mol. The number of nitrogens with zero attached hydrogens (tertiary/aromatic N) is 1. The molecule has 0 radical (unpaired) electrons. The number of aryl methyl sites for hydroxylation is 1. The number of Topliss-reactive ketones (excluding diaryl/α,β-unsaturated/α-hetero) is 1. The number of hydrogen-bond acceptors (Lipinski definition) is 3. The third kappa shape index (κ3) is 2.12. The minimum Gasteiger partial charge on any atom is -0.311 e. The second-order valence-corrected chi connectivity index (χ2v) is 5.33. The zero-order chi connectivity index (χ0) is 11.8. The Kier molecular flexibility index (Phi) is 2.71. The number of nitrogens with one attached hydrogen (secondary N) is 1. The average Bonchev–Trinajstić information content (AvgIpc) is 2.67. The van der Waals surface area contributed by atoms with Crippen LogP contribution in [0.15, 0.2) is 18.2 Å². The van der Waals surface area contributed by atoms with Gasteiger partial charge in [-0.25, -0.2) is 0 Å². The number of rotatable bonds is 2. The first-order valence-electron chi connectivity index (χ1n) is 6.46. The SMILES string of the molecule is Cc1cccc(C(=O)C2CC3CCC(C2)N3)n1. The van der Waals surface area contributed by atoms with Crippen LogP contribution < -0.4 is 5.32 Å². The van der Waals surface area contributed by atoms with Crippen LogP contribution in [-0.4, -0.2) is 22.9 Å². The monoisotopic (exact) mass is 230 g/mol. The van der Waals surface area contributed by atoms with Gasteiger partial charge in [-0.15, -0.1) is 0 Å². The van der Waals surface area contributed by atoms with Gasteiger partial charge in [-0.2, -0.15) is 0 Å². The molecule has 3 heteroatoms. The van der Waals surface area contributed by atoms with E-state index >= 15 is 0 Å². The highest BCUT2D eigenvalue weighted by molar-refractivity contribution is 5.96. The fraction of sp³-hybridized carbons (Fsp3) is 0.571. The van der Waals surface area contributed by atoms with Gasteiger partial charge in [0.25, 0.3) is 0 Å². The van der Waals surface area contributed by atoms with Crippen molar-refractivity contribution in [3.63, 3.8) is 0 Å². The molecule has 0 aliphatic carbocycles. The van der Waals surface area contributed by atoms with E-state index in [0.29, 0.717) is 17.8 Å². The van der Waals surface area contributed by atoms with Gasteiger partial charge < -0.3 is 5.32 Å². The number of hydrogen-bond donors (Lipinski definition) is 1. The second kappa shape index (κ2) is 4.22. The fourth-order valence-corrected chi connectivity index (χ4v) is 3.16. The molecule has 1 aromatic rings. The number of piperidine rings is 1. The molecule has 0 saturated carbocycles. The van der Waals surface area contributed by atoms with Crippen molar-refractivity contribution in [1.82, 2.24) is 10.3 Å². The molecule has 3 rings (SSSR count). The van der Waals surface area contributed by atoms with E-state index in [2.05, 4.69) is 10.3 Å². The first-order chi connectivity index (χ1) is 8.22. The van der Waals surface area contributed by atoms with Gasteiger partial charge in [-0.05, 0) is 44.7 Å². The van der Waals surface area contributed by atoms with Gasteiger partial charge >= 0.3 is 0 Å². The highest BCUT2D eigenvalue weighted by atomic mass is 16.1. The van der Waals surface area contributed by atoms with Gasteiger partial charge in [0, 0.05) is 23.7 Å². The number of ketones is 1. The number of carbonyl (C=O) groups is 1. The van der Waals surface area contributed by atoms with Crippen molar-refractivity contribution >= 4 is 5.78 Å². The zero-order valence-corrected chi connectivity index (χ0v) is 10.1. The Labute approximate surface area is 102 Å². The summed E-state index contributed by atoms with van der Waals surface area (Å²) in [6, 6.07) is 6.83. The Hall–Kier alpha value is -1.22. The summed E-state index contributed by atoms with van der Waals surface area (Å²) in [5.41, 5.74) is 1.57. The molecule has 2 bridgehead atoms. The summed E-state index contributed by atoms with van der Waals surface area (Å²) in [7, 11) is 0. The lowest BCUT2D eigenvalue weighted by Gasteiger charge is -2.27. The average molecular weight is 230 g/mol. The Morgan fingerprint density at radius 3 is 2.65 bits per heavy atom. The van der Waals surface area contributed by atoms with Crippen LogP contribution in [-0.2, 0) is 0 Å². The summed E-state index contributed by atoms with van der Waals surface area (Å²) >= 11 is 0. The number of pyridine rings is 1. The maximum Gasteiger partial charge on any atom is 0.184 e. The normalized spacial score (nSPS) is 31.5. The molecule has 0 aromatic carbocycles. The molecule has 0 amide bonds. The second-order valence-electron chi connectivity index (χ2n) is 5.33. The van der Waals surface area contributed by atoms with E-state index in [1.807, 2.05) is 25.1 Å². The molecule has 2 unspecified atom stereocenters. The molecule has 2 aliphatic rings. The minimum absolute atomic E-state index is 0.183. The van der Waals surface area contributed by atoms with Crippen LogP contribution in [0.2, 0.25) is 0 Å². The molecule has 2 aliphatic heterocycles. The standard InChI is InChI=1S/C14H18N2O/c1-9-3-2-4-13(15-9)14(17)10-7-11-5-6-12(8-10)16-11/h2-4,10-12,16H,5-8H2,1H3. The fourth-order valence-electron chi connectivity index (χ4n) is 3.16. The van der Waals surface area contributed by atoms with E-state index in [4.69, 9.17) is 0 Å². The van der Waals surface area contributed by atoms with Crippen molar-refractivity contribution in [2.24, 2.45) is 5.92 Å². The van der Waals surface area contributed by atoms with Crippen molar-refractivity contribution in [3.05, 3.63) is 29.6 Å². The van der Waals surface area contributed by atoms with Crippen molar-refractivity contribution in [2.75, 3.05) is 0 Å². The first-order valence-corrected chi connectivity index (χ1v) is 6.46. The Bertz CT molecular complexity index is 432. The molecular weight excluding hydrogens is 212 g/mol. The Balaban J connectivity index is 1.78. The molecule has 0 spiro atoms. The molecule has 3 nitrogen and oxygen atoms in total. The first kappa shape index (κ1) is 10.9. The summed E-state index contributed by atoms with van der Waals surface area (Å²) in [4.78, 5) is 16.7. The van der Waals surface area contributed by atoms with E-state index in [9.17, 15) is 4.79 Å². The lowest BCUT2D eigenvalue weighted by Crippen LogP contribution is -2.40. The van der Waals surface area contributed by atoms with Gasteiger partial charge in [0.05, 0.1) is 0 Å². The van der Waals surface area contributed by atoms with Gasteiger partial charge in [-0.1, -0.05) is 6.07 Å². The van der Waals surface area contributed by atoms with E-state index in [-0.39, 0.29) is 11.7 Å². The summed E-state index contributed by atoms with van der Waals surface area (Å²) < 4.78 is 0. The van der Waals surface area contributed by atoms with Crippen LogP contribution in [0.25, 0.3) is 0 Å². The smallest absolute Gasteiger partial charge is 0.184 e. The van der Waals surface area contributed by atoms with E-state index in [1.54, 1.807) is 0 Å². The Morgan fingerprint density at radius 2 is 2.00 bits per heavy atom. The maximum atomic E-state index is 12.4. The molecular formula is C14H18N2O. The molecule has 17 heavy (non-hydrogen) atoms. The highest BCUT2D eigenvalue weighted by Crippen LogP contribution is 2.32. The molecule has 1 N–H and O–H groups in total. The van der Waals surface area contributed by atoms with Gasteiger partial charge in [0.2, 0.25) is 0 Å². The van der Waals surface area contributed by atoms with Crippen LogP contribution in [0.4, 0.5) is 0 Å².